The van der Waals surface area contributed by atoms with Gasteiger partial charge in [0.2, 0.25) is 5.91 Å². The maximum atomic E-state index is 13.4. The standard InChI is InChI=1S/C15H21F2N3O.ClH/c1-18-9-11-4-6-20(7-5-11)10-15(21)19-14-8-12(16)2-3-13(14)17;/h2-3,8,11,18H,4-7,9-10H2,1H3,(H,19,21);1H. The van der Waals surface area contributed by atoms with E-state index in [0.29, 0.717) is 5.92 Å². The lowest BCUT2D eigenvalue weighted by molar-refractivity contribution is -0.117. The molecular weight excluding hydrogens is 312 g/mol. The Morgan fingerprint density at radius 3 is 2.64 bits per heavy atom. The molecule has 0 aromatic heterocycles. The van der Waals surface area contributed by atoms with Gasteiger partial charge in [-0.3, -0.25) is 9.69 Å². The fraction of sp³-hybridized carbons (Fsp3) is 0.533. The topological polar surface area (TPSA) is 44.4 Å². The number of anilines is 1. The van der Waals surface area contributed by atoms with Gasteiger partial charge in [0, 0.05) is 6.07 Å². The van der Waals surface area contributed by atoms with E-state index in [-0.39, 0.29) is 30.5 Å². The summed E-state index contributed by atoms with van der Waals surface area (Å²) in [5.74, 6) is -0.862. The van der Waals surface area contributed by atoms with Crippen LogP contribution in [-0.2, 0) is 4.79 Å². The van der Waals surface area contributed by atoms with Crippen molar-refractivity contribution in [1.29, 1.82) is 0 Å². The third-order valence-electron chi connectivity index (χ3n) is 3.77. The van der Waals surface area contributed by atoms with Gasteiger partial charge in [-0.1, -0.05) is 0 Å². The van der Waals surface area contributed by atoms with Gasteiger partial charge in [0.25, 0.3) is 0 Å². The molecule has 0 bridgehead atoms. The quantitative estimate of drug-likeness (QED) is 0.868. The minimum Gasteiger partial charge on any atom is -0.322 e. The molecule has 1 amide bonds. The second-order valence-corrected chi connectivity index (χ2v) is 5.45. The average molecular weight is 334 g/mol. The third kappa shape index (κ3) is 5.51. The summed E-state index contributed by atoms with van der Waals surface area (Å²) in [5.41, 5.74) is -0.106. The second kappa shape index (κ2) is 9.02. The highest BCUT2D eigenvalue weighted by Gasteiger charge is 2.20. The van der Waals surface area contributed by atoms with E-state index in [1.54, 1.807) is 0 Å². The number of rotatable bonds is 5. The zero-order valence-electron chi connectivity index (χ0n) is 12.6. The van der Waals surface area contributed by atoms with Crippen LogP contribution in [0.5, 0.6) is 0 Å². The van der Waals surface area contributed by atoms with Gasteiger partial charge < -0.3 is 10.6 Å². The zero-order chi connectivity index (χ0) is 15.2. The highest BCUT2D eigenvalue weighted by molar-refractivity contribution is 5.92. The maximum Gasteiger partial charge on any atom is 0.238 e. The van der Waals surface area contributed by atoms with Crippen LogP contribution in [0, 0.1) is 17.6 Å². The van der Waals surface area contributed by atoms with Crippen molar-refractivity contribution >= 4 is 24.0 Å². The lowest BCUT2D eigenvalue weighted by Gasteiger charge is -2.31. The Hall–Kier alpha value is -1.24. The van der Waals surface area contributed by atoms with E-state index in [9.17, 15) is 13.6 Å². The first-order valence-electron chi connectivity index (χ1n) is 7.20. The van der Waals surface area contributed by atoms with Gasteiger partial charge >= 0.3 is 0 Å². The van der Waals surface area contributed by atoms with Crippen LogP contribution in [-0.4, -0.2) is 44.0 Å². The molecule has 1 saturated heterocycles. The van der Waals surface area contributed by atoms with Crippen molar-refractivity contribution in [3.05, 3.63) is 29.8 Å². The summed E-state index contributed by atoms with van der Waals surface area (Å²) >= 11 is 0. The lowest BCUT2D eigenvalue weighted by Crippen LogP contribution is -2.40. The second-order valence-electron chi connectivity index (χ2n) is 5.45. The molecule has 0 unspecified atom stereocenters. The summed E-state index contributed by atoms with van der Waals surface area (Å²) in [6, 6.07) is 3.03. The van der Waals surface area contributed by atoms with Crippen molar-refractivity contribution in [2.45, 2.75) is 12.8 Å². The normalized spacial score (nSPS) is 16.1. The molecule has 1 fully saturated rings. The van der Waals surface area contributed by atoms with Gasteiger partial charge in [0.15, 0.2) is 0 Å². The largest absolute Gasteiger partial charge is 0.322 e. The maximum absolute atomic E-state index is 13.4. The third-order valence-corrected chi connectivity index (χ3v) is 3.77. The van der Waals surface area contributed by atoms with Crippen LogP contribution in [0.2, 0.25) is 0 Å². The molecule has 1 heterocycles. The number of nitrogens with one attached hydrogen (secondary N) is 2. The first-order chi connectivity index (χ1) is 10.1. The molecule has 1 aromatic carbocycles. The highest BCUT2D eigenvalue weighted by Crippen LogP contribution is 2.17. The lowest BCUT2D eigenvalue weighted by atomic mass is 9.97. The fourth-order valence-electron chi connectivity index (χ4n) is 2.62. The fourth-order valence-corrected chi connectivity index (χ4v) is 2.62. The molecule has 22 heavy (non-hydrogen) atoms. The molecule has 7 heteroatoms. The number of carbonyl (C=O) groups excluding carboxylic acids is 1. The van der Waals surface area contributed by atoms with Crippen LogP contribution >= 0.6 is 12.4 Å². The molecule has 0 spiro atoms. The number of amides is 1. The average Bonchev–Trinajstić information content (AvgIpc) is 2.45. The summed E-state index contributed by atoms with van der Waals surface area (Å²) in [4.78, 5) is 13.9. The smallest absolute Gasteiger partial charge is 0.238 e. The molecule has 1 aromatic rings. The minimum absolute atomic E-state index is 0. The van der Waals surface area contributed by atoms with Crippen LogP contribution < -0.4 is 10.6 Å². The first kappa shape index (κ1) is 18.8. The van der Waals surface area contributed by atoms with E-state index in [1.165, 1.54) is 0 Å². The Morgan fingerprint density at radius 1 is 1.32 bits per heavy atom. The molecule has 0 aliphatic carbocycles. The van der Waals surface area contributed by atoms with E-state index in [2.05, 4.69) is 10.6 Å². The molecule has 0 atom stereocenters. The molecule has 0 saturated carbocycles. The van der Waals surface area contributed by atoms with Gasteiger partial charge in [0.1, 0.15) is 11.6 Å². The monoisotopic (exact) mass is 333 g/mol. The summed E-state index contributed by atoms with van der Waals surface area (Å²) in [6.07, 6.45) is 2.09. The molecular formula is C15H22ClF2N3O. The van der Waals surface area contributed by atoms with Crippen molar-refractivity contribution in [1.82, 2.24) is 10.2 Å². The Kier molecular flexibility index (Phi) is 7.72. The summed E-state index contributed by atoms with van der Waals surface area (Å²) < 4.78 is 26.5. The van der Waals surface area contributed by atoms with Crippen LogP contribution in [0.25, 0.3) is 0 Å². The van der Waals surface area contributed by atoms with Gasteiger partial charge in [-0.15, -0.1) is 12.4 Å². The molecule has 124 valence electrons. The summed E-state index contributed by atoms with van der Waals surface area (Å²) in [5, 5.41) is 5.59. The zero-order valence-corrected chi connectivity index (χ0v) is 13.4. The van der Waals surface area contributed by atoms with E-state index in [1.807, 2.05) is 11.9 Å². The Balaban J connectivity index is 0.00000242. The van der Waals surface area contributed by atoms with Crippen molar-refractivity contribution in [2.75, 3.05) is 38.5 Å². The van der Waals surface area contributed by atoms with E-state index in [4.69, 9.17) is 0 Å². The number of hydrogen-bond acceptors (Lipinski definition) is 3. The number of hydrogen-bond donors (Lipinski definition) is 2. The Morgan fingerprint density at radius 2 is 2.00 bits per heavy atom. The molecule has 2 rings (SSSR count). The van der Waals surface area contributed by atoms with Crippen molar-refractivity contribution < 1.29 is 13.6 Å². The van der Waals surface area contributed by atoms with E-state index >= 15 is 0 Å². The van der Waals surface area contributed by atoms with Gasteiger partial charge in [-0.25, -0.2) is 8.78 Å². The van der Waals surface area contributed by atoms with Gasteiger partial charge in [-0.2, -0.15) is 0 Å². The SMILES string of the molecule is CNCC1CCN(CC(=O)Nc2cc(F)ccc2F)CC1.Cl. The van der Waals surface area contributed by atoms with Crippen molar-refractivity contribution in [3.63, 3.8) is 0 Å². The van der Waals surface area contributed by atoms with Gasteiger partial charge in [0.05, 0.1) is 12.2 Å². The van der Waals surface area contributed by atoms with E-state index in [0.717, 1.165) is 50.7 Å². The van der Waals surface area contributed by atoms with Crippen LogP contribution in [0.4, 0.5) is 14.5 Å². The van der Waals surface area contributed by atoms with Crippen molar-refractivity contribution in [2.24, 2.45) is 5.92 Å². The van der Waals surface area contributed by atoms with Crippen LogP contribution in [0.15, 0.2) is 18.2 Å². The number of likely N-dealkylation sites (tertiary alicyclic amines) is 1. The molecule has 2 N–H and O–H groups in total. The molecule has 0 radical (unpaired) electrons. The Bertz CT molecular complexity index is 494. The predicted octanol–water partition coefficient (Wildman–Crippen LogP) is 2.26. The number of nitrogens with zero attached hydrogens (tertiary/aromatic N) is 1. The summed E-state index contributed by atoms with van der Waals surface area (Å²) in [7, 11) is 1.94. The summed E-state index contributed by atoms with van der Waals surface area (Å²) in [6.45, 7) is 2.91. The highest BCUT2D eigenvalue weighted by atomic mass is 35.5. The number of piperidine rings is 1. The molecule has 1 aliphatic heterocycles. The van der Waals surface area contributed by atoms with Crippen LogP contribution in [0.3, 0.4) is 0 Å². The number of carbonyl (C=O) groups is 1. The first-order valence-corrected chi connectivity index (χ1v) is 7.20. The van der Waals surface area contributed by atoms with Crippen LogP contribution in [0.1, 0.15) is 12.8 Å². The minimum atomic E-state index is -0.627. The van der Waals surface area contributed by atoms with Gasteiger partial charge in [-0.05, 0) is 57.6 Å². The van der Waals surface area contributed by atoms with Crippen molar-refractivity contribution in [3.8, 4) is 0 Å². The van der Waals surface area contributed by atoms with E-state index < -0.39 is 11.6 Å². The molecule has 4 nitrogen and oxygen atoms in total. The molecule has 1 aliphatic rings. The number of halogens is 3. The Labute approximate surface area is 135 Å². The predicted molar refractivity (Wildman–Crippen MR) is 85.3 cm³/mol. The number of benzene rings is 1.